The molecule has 0 atom stereocenters. The van der Waals surface area contributed by atoms with E-state index >= 15 is 0 Å². The zero-order chi connectivity index (χ0) is 17.0. The Kier molecular flexibility index (Phi) is 5.44. The van der Waals surface area contributed by atoms with E-state index in [1.807, 2.05) is 39.0 Å². The van der Waals surface area contributed by atoms with Crippen LogP contribution in [0.25, 0.3) is 5.57 Å². The molecule has 0 saturated carbocycles. The van der Waals surface area contributed by atoms with Crippen LogP contribution in [0.5, 0.6) is 0 Å². The molecule has 2 rings (SSSR count). The van der Waals surface area contributed by atoms with E-state index in [9.17, 15) is 4.79 Å². The van der Waals surface area contributed by atoms with Gasteiger partial charge in [-0.2, -0.15) is 0 Å². The number of nitrogens with zero attached hydrogens (tertiary/aromatic N) is 1. The summed E-state index contributed by atoms with van der Waals surface area (Å²) in [5, 5.41) is 3.06. The smallest absolute Gasteiger partial charge is 0.317 e. The van der Waals surface area contributed by atoms with Gasteiger partial charge in [-0.1, -0.05) is 30.4 Å². The van der Waals surface area contributed by atoms with Crippen molar-refractivity contribution < 1.29 is 14.3 Å². The second kappa shape index (κ2) is 7.15. The Hall–Kier alpha value is -1.85. The van der Waals surface area contributed by atoms with E-state index in [-0.39, 0.29) is 12.3 Å². The molecular weight excluding hydrogens is 292 g/mol. The van der Waals surface area contributed by atoms with Crippen LogP contribution >= 0.6 is 0 Å². The molecule has 1 N–H and O–H groups in total. The van der Waals surface area contributed by atoms with Gasteiger partial charge in [0.1, 0.15) is 0 Å². The van der Waals surface area contributed by atoms with Gasteiger partial charge >= 0.3 is 6.03 Å². The largest absolute Gasteiger partial charge is 0.348 e. The van der Waals surface area contributed by atoms with Gasteiger partial charge in [-0.15, -0.1) is 0 Å². The second-order valence-electron chi connectivity index (χ2n) is 6.47. The molecule has 1 aliphatic heterocycles. The molecule has 0 bridgehead atoms. The number of allylic oxidation sites excluding steroid dienone is 1. The number of hydrogen-bond donors (Lipinski definition) is 1. The second-order valence-corrected chi connectivity index (χ2v) is 6.47. The minimum absolute atomic E-state index is 0.158. The first-order valence-corrected chi connectivity index (χ1v) is 7.82. The number of benzene rings is 1. The number of rotatable bonds is 5. The number of amides is 2. The zero-order valence-electron chi connectivity index (χ0n) is 14.4. The predicted octanol–water partition coefficient (Wildman–Crippen LogP) is 2.97. The molecule has 1 aliphatic rings. The topological polar surface area (TPSA) is 50.8 Å². The van der Waals surface area contributed by atoms with Crippen LogP contribution in [-0.2, 0) is 15.0 Å². The lowest BCUT2D eigenvalue weighted by Gasteiger charge is -2.30. The van der Waals surface area contributed by atoms with Crippen molar-refractivity contribution in [1.29, 1.82) is 0 Å². The van der Waals surface area contributed by atoms with Crippen LogP contribution in [0.2, 0.25) is 0 Å². The maximum Gasteiger partial charge on any atom is 0.317 e. The van der Waals surface area contributed by atoms with Crippen LogP contribution in [-0.4, -0.2) is 44.0 Å². The van der Waals surface area contributed by atoms with Gasteiger partial charge in [-0.05, 0) is 38.0 Å². The van der Waals surface area contributed by atoms with E-state index in [1.54, 1.807) is 11.9 Å². The molecule has 23 heavy (non-hydrogen) atoms. The van der Waals surface area contributed by atoms with Crippen LogP contribution in [0.1, 0.15) is 31.9 Å². The fourth-order valence-electron chi connectivity index (χ4n) is 2.43. The monoisotopic (exact) mass is 318 g/mol. The zero-order valence-corrected chi connectivity index (χ0v) is 14.4. The highest BCUT2D eigenvalue weighted by Crippen LogP contribution is 2.23. The first kappa shape index (κ1) is 17.5. The van der Waals surface area contributed by atoms with E-state index in [2.05, 4.69) is 18.0 Å². The van der Waals surface area contributed by atoms with Crippen LogP contribution in [0.3, 0.4) is 0 Å². The van der Waals surface area contributed by atoms with E-state index in [1.165, 1.54) is 0 Å². The highest BCUT2D eigenvalue weighted by Gasteiger charge is 2.27. The van der Waals surface area contributed by atoms with Gasteiger partial charge in [-0.25, -0.2) is 4.79 Å². The summed E-state index contributed by atoms with van der Waals surface area (Å²) in [7, 11) is 1.74. The maximum atomic E-state index is 12.4. The predicted molar refractivity (Wildman–Crippen MR) is 91.0 cm³/mol. The van der Waals surface area contributed by atoms with E-state index in [0.29, 0.717) is 19.8 Å². The molecule has 2 amide bonds. The first-order valence-electron chi connectivity index (χ1n) is 7.82. The third-order valence-electron chi connectivity index (χ3n) is 3.96. The minimum Gasteiger partial charge on any atom is -0.348 e. The normalized spacial score (nSPS) is 15.5. The fourth-order valence-corrected chi connectivity index (χ4v) is 2.43. The highest BCUT2D eigenvalue weighted by atomic mass is 16.7. The Morgan fingerprint density at radius 1 is 1.39 bits per heavy atom. The highest BCUT2D eigenvalue weighted by molar-refractivity contribution is 5.75. The van der Waals surface area contributed by atoms with Gasteiger partial charge in [0.25, 0.3) is 0 Å². The summed E-state index contributed by atoms with van der Waals surface area (Å²) in [5.74, 6) is 0. The van der Waals surface area contributed by atoms with Crippen molar-refractivity contribution >= 4 is 11.6 Å². The van der Waals surface area contributed by atoms with Crippen molar-refractivity contribution in [2.24, 2.45) is 0 Å². The van der Waals surface area contributed by atoms with Crippen molar-refractivity contribution in [3.05, 3.63) is 42.0 Å². The Bertz CT molecular complexity index is 577. The number of ether oxygens (including phenoxy) is 2. The molecule has 1 fully saturated rings. The molecule has 0 aromatic heterocycles. The number of likely N-dealkylation sites (N-methyl/N-ethyl adjacent to an activating group) is 1. The Morgan fingerprint density at radius 3 is 2.65 bits per heavy atom. The van der Waals surface area contributed by atoms with Gasteiger partial charge in [0.2, 0.25) is 0 Å². The first-order chi connectivity index (χ1) is 10.8. The van der Waals surface area contributed by atoms with Gasteiger partial charge in [0.05, 0.1) is 25.3 Å². The Labute approximate surface area is 138 Å². The quantitative estimate of drug-likeness (QED) is 0.908. The molecule has 0 spiro atoms. The lowest BCUT2D eigenvalue weighted by atomic mass is 9.92. The van der Waals surface area contributed by atoms with Crippen molar-refractivity contribution in [3.63, 3.8) is 0 Å². The fraction of sp³-hybridized carbons (Fsp3) is 0.500. The van der Waals surface area contributed by atoms with Crippen LogP contribution in [0, 0.1) is 0 Å². The third-order valence-corrected chi connectivity index (χ3v) is 3.96. The molecule has 1 aromatic carbocycles. The van der Waals surface area contributed by atoms with Crippen molar-refractivity contribution in [3.8, 4) is 0 Å². The summed E-state index contributed by atoms with van der Waals surface area (Å²) >= 11 is 0. The number of carbonyl (C=O) groups excluding carboxylic acids is 1. The molecular formula is C18H26N2O3. The molecule has 1 aromatic rings. The summed E-state index contributed by atoms with van der Waals surface area (Å²) in [6, 6.07) is 7.92. The van der Waals surface area contributed by atoms with Gasteiger partial charge < -0.3 is 19.7 Å². The molecule has 1 heterocycles. The van der Waals surface area contributed by atoms with Crippen LogP contribution in [0.4, 0.5) is 4.79 Å². The van der Waals surface area contributed by atoms with E-state index in [4.69, 9.17) is 9.47 Å². The number of hydrogen-bond acceptors (Lipinski definition) is 3. The lowest BCUT2D eigenvalue weighted by Crippen LogP contribution is -2.49. The van der Waals surface area contributed by atoms with E-state index < -0.39 is 5.54 Å². The summed E-state index contributed by atoms with van der Waals surface area (Å²) in [5.41, 5.74) is 2.62. The number of carbonyl (C=O) groups is 1. The molecule has 126 valence electrons. The van der Waals surface area contributed by atoms with Gasteiger partial charge in [-0.3, -0.25) is 0 Å². The Morgan fingerprint density at radius 2 is 2.04 bits per heavy atom. The molecule has 1 saturated heterocycles. The SMILES string of the molecule is C=C(C)c1cccc(C(C)(C)NC(=O)N(C)CC2OCCO2)c1. The summed E-state index contributed by atoms with van der Waals surface area (Å²) < 4.78 is 10.8. The Balaban J connectivity index is 2.02. The lowest BCUT2D eigenvalue weighted by molar-refractivity contribution is -0.0527. The summed E-state index contributed by atoms with van der Waals surface area (Å²) in [6.07, 6.45) is -0.333. The number of urea groups is 1. The molecule has 0 radical (unpaired) electrons. The summed E-state index contributed by atoms with van der Waals surface area (Å²) in [4.78, 5) is 14.0. The third kappa shape index (κ3) is 4.56. The molecule has 0 aliphatic carbocycles. The van der Waals surface area contributed by atoms with Crippen molar-refractivity contribution in [2.45, 2.75) is 32.6 Å². The molecule has 0 unspecified atom stereocenters. The van der Waals surface area contributed by atoms with Gasteiger partial charge in [0, 0.05) is 7.05 Å². The van der Waals surface area contributed by atoms with E-state index in [0.717, 1.165) is 16.7 Å². The minimum atomic E-state index is -0.492. The van der Waals surface area contributed by atoms with Crippen LogP contribution < -0.4 is 5.32 Å². The number of nitrogens with one attached hydrogen (secondary N) is 1. The average Bonchev–Trinajstić information content (AvgIpc) is 2.99. The van der Waals surface area contributed by atoms with Crippen molar-refractivity contribution in [2.75, 3.05) is 26.8 Å². The molecule has 5 heteroatoms. The summed E-state index contributed by atoms with van der Waals surface area (Å²) in [6.45, 7) is 11.5. The standard InChI is InChI=1S/C18H26N2O3/c1-13(2)14-7-6-8-15(11-14)18(3,4)19-17(21)20(5)12-16-22-9-10-23-16/h6-8,11,16H,1,9-10,12H2,2-5H3,(H,19,21). The van der Waals surface area contributed by atoms with Gasteiger partial charge in [0.15, 0.2) is 6.29 Å². The average molecular weight is 318 g/mol. The van der Waals surface area contributed by atoms with Crippen LogP contribution in [0.15, 0.2) is 30.8 Å². The molecule has 5 nitrogen and oxygen atoms in total. The van der Waals surface area contributed by atoms with Crippen molar-refractivity contribution in [1.82, 2.24) is 10.2 Å². The maximum absolute atomic E-state index is 12.4.